The lowest BCUT2D eigenvalue weighted by Crippen LogP contribution is -2.51. The second-order valence-electron chi connectivity index (χ2n) is 7.66. The van der Waals surface area contributed by atoms with Crippen LogP contribution in [0.5, 0.6) is 0 Å². The Morgan fingerprint density at radius 3 is 2.68 bits per heavy atom. The Kier molecular flexibility index (Phi) is 6.68. The fraction of sp³-hybridized carbons (Fsp3) is 0.304. The minimum Gasteiger partial charge on any atom is -0.368 e. The van der Waals surface area contributed by atoms with Gasteiger partial charge in [-0.3, -0.25) is 4.79 Å². The summed E-state index contributed by atoms with van der Waals surface area (Å²) in [5.41, 5.74) is 1.08. The van der Waals surface area contributed by atoms with Gasteiger partial charge in [-0.25, -0.2) is 15.0 Å². The second kappa shape index (κ2) is 9.62. The van der Waals surface area contributed by atoms with Crippen LogP contribution in [0, 0.1) is 5.92 Å². The molecule has 1 aliphatic heterocycles. The summed E-state index contributed by atoms with van der Waals surface area (Å²) in [7, 11) is 0. The molecule has 6 nitrogen and oxygen atoms in total. The largest absolute Gasteiger partial charge is 0.368 e. The first-order chi connectivity index (χ1) is 15.0. The van der Waals surface area contributed by atoms with Gasteiger partial charge in [0.15, 0.2) is 5.82 Å². The van der Waals surface area contributed by atoms with Crippen molar-refractivity contribution in [1.82, 2.24) is 19.9 Å². The van der Waals surface area contributed by atoms with Crippen molar-refractivity contribution in [2.24, 2.45) is 5.92 Å². The van der Waals surface area contributed by atoms with Crippen LogP contribution in [-0.4, -0.2) is 44.9 Å². The molecule has 1 unspecified atom stereocenters. The van der Waals surface area contributed by atoms with Gasteiger partial charge in [-0.2, -0.15) is 0 Å². The number of amides is 1. The van der Waals surface area contributed by atoms with Gasteiger partial charge in [0.1, 0.15) is 5.82 Å². The van der Waals surface area contributed by atoms with Crippen molar-refractivity contribution in [2.75, 3.05) is 18.4 Å². The lowest BCUT2D eigenvalue weighted by molar-refractivity contribution is 0.0540. The lowest BCUT2D eigenvalue weighted by Gasteiger charge is -2.40. The number of carbonyl (C=O) groups is 1. The topological polar surface area (TPSA) is 71.0 Å². The molecule has 2 aromatic heterocycles. The lowest BCUT2D eigenvalue weighted by atomic mass is 9.89. The summed E-state index contributed by atoms with van der Waals surface area (Å²) in [5.74, 6) is 1.46. The number of anilines is 1. The van der Waals surface area contributed by atoms with Crippen molar-refractivity contribution < 1.29 is 4.79 Å². The quantitative estimate of drug-likeness (QED) is 0.572. The maximum absolute atomic E-state index is 13.7. The van der Waals surface area contributed by atoms with Crippen LogP contribution in [0.25, 0.3) is 11.4 Å². The van der Waals surface area contributed by atoms with Gasteiger partial charge < -0.3 is 10.2 Å². The van der Waals surface area contributed by atoms with Crippen LogP contribution in [0.15, 0.2) is 55.0 Å². The molecule has 0 aliphatic carbocycles. The van der Waals surface area contributed by atoms with Crippen molar-refractivity contribution in [2.45, 2.75) is 25.8 Å². The first kappa shape index (κ1) is 21.5. The monoisotopic (exact) mass is 455 g/mol. The molecule has 8 heteroatoms. The molecule has 1 aliphatic rings. The summed E-state index contributed by atoms with van der Waals surface area (Å²) in [6, 6.07) is 10.7. The number of nitrogens with one attached hydrogen (secondary N) is 1. The molecular formula is C23H23Cl2N5O. The molecule has 2 atom stereocenters. The number of likely N-dealkylation sites (tertiary alicyclic amines) is 1. The van der Waals surface area contributed by atoms with Crippen LogP contribution in [0.1, 0.15) is 30.1 Å². The standard InChI is InChI=1S/C23H23Cl2N5O/c1-15-5-3-12-30(19(15)14-29-20-9-8-16(24)13-28-20)23(31)17-6-2-7-18(25)21(17)22-26-10-4-11-27-22/h2,4,6-11,13,15,19H,3,5,12,14H2,1H3,(H,28,29)/t15-,19?/m1/s1. The third-order valence-corrected chi connectivity index (χ3v) is 6.17. The van der Waals surface area contributed by atoms with Gasteiger partial charge in [0, 0.05) is 31.7 Å². The normalized spacial score (nSPS) is 18.6. The van der Waals surface area contributed by atoms with Crippen molar-refractivity contribution in [3.05, 3.63) is 70.6 Å². The van der Waals surface area contributed by atoms with Crippen molar-refractivity contribution >= 4 is 34.9 Å². The zero-order valence-corrected chi connectivity index (χ0v) is 18.6. The summed E-state index contributed by atoms with van der Waals surface area (Å²) >= 11 is 12.4. The summed E-state index contributed by atoms with van der Waals surface area (Å²) < 4.78 is 0. The van der Waals surface area contributed by atoms with E-state index in [0.29, 0.717) is 46.0 Å². The van der Waals surface area contributed by atoms with Gasteiger partial charge in [0.05, 0.1) is 27.2 Å². The van der Waals surface area contributed by atoms with Gasteiger partial charge in [0.25, 0.3) is 5.91 Å². The predicted octanol–water partition coefficient (Wildman–Crippen LogP) is 5.20. The van der Waals surface area contributed by atoms with Gasteiger partial charge in [-0.15, -0.1) is 0 Å². The second-order valence-corrected chi connectivity index (χ2v) is 8.51. The highest BCUT2D eigenvalue weighted by molar-refractivity contribution is 6.34. The number of piperidine rings is 1. The number of aromatic nitrogens is 3. The Morgan fingerprint density at radius 1 is 1.13 bits per heavy atom. The Bertz CT molecular complexity index is 1050. The molecule has 1 N–H and O–H groups in total. The van der Waals surface area contributed by atoms with E-state index in [0.717, 1.165) is 18.7 Å². The molecule has 0 saturated carbocycles. The molecule has 4 rings (SSSR count). The molecule has 0 bridgehead atoms. The van der Waals surface area contributed by atoms with E-state index in [1.165, 1.54) is 0 Å². The average Bonchev–Trinajstić information content (AvgIpc) is 2.79. The molecule has 1 aromatic carbocycles. The smallest absolute Gasteiger partial charge is 0.254 e. The summed E-state index contributed by atoms with van der Waals surface area (Å²) in [6.45, 7) is 3.46. The van der Waals surface area contributed by atoms with Crippen LogP contribution in [0.3, 0.4) is 0 Å². The first-order valence-electron chi connectivity index (χ1n) is 10.3. The van der Waals surface area contributed by atoms with E-state index in [4.69, 9.17) is 23.2 Å². The van der Waals surface area contributed by atoms with Crippen LogP contribution in [0.4, 0.5) is 5.82 Å². The van der Waals surface area contributed by atoms with Crippen LogP contribution in [-0.2, 0) is 0 Å². The minimum absolute atomic E-state index is 0.0160. The molecular weight excluding hydrogens is 433 g/mol. The molecule has 3 heterocycles. The van der Waals surface area contributed by atoms with Gasteiger partial charge >= 0.3 is 0 Å². The minimum atomic E-state index is -0.0626. The number of rotatable bonds is 5. The Hall–Kier alpha value is -2.70. The van der Waals surface area contributed by atoms with Crippen molar-refractivity contribution in [3.63, 3.8) is 0 Å². The molecule has 1 fully saturated rings. The van der Waals surface area contributed by atoms with Gasteiger partial charge in [-0.1, -0.05) is 36.2 Å². The van der Waals surface area contributed by atoms with E-state index < -0.39 is 0 Å². The van der Waals surface area contributed by atoms with Crippen LogP contribution in [0.2, 0.25) is 10.0 Å². The van der Waals surface area contributed by atoms with Crippen LogP contribution >= 0.6 is 23.2 Å². The van der Waals surface area contributed by atoms with E-state index in [-0.39, 0.29) is 11.9 Å². The third kappa shape index (κ3) is 4.81. The van der Waals surface area contributed by atoms with E-state index in [2.05, 4.69) is 27.2 Å². The van der Waals surface area contributed by atoms with Crippen molar-refractivity contribution in [1.29, 1.82) is 0 Å². The summed E-state index contributed by atoms with van der Waals surface area (Å²) in [6.07, 6.45) is 6.92. The Morgan fingerprint density at radius 2 is 1.94 bits per heavy atom. The summed E-state index contributed by atoms with van der Waals surface area (Å²) in [5, 5.41) is 4.40. The fourth-order valence-corrected chi connectivity index (χ4v) is 4.39. The highest BCUT2D eigenvalue weighted by atomic mass is 35.5. The summed E-state index contributed by atoms with van der Waals surface area (Å²) in [4.78, 5) is 28.6. The number of carbonyl (C=O) groups excluding carboxylic acids is 1. The van der Waals surface area contributed by atoms with E-state index in [9.17, 15) is 4.79 Å². The molecule has 0 radical (unpaired) electrons. The SMILES string of the molecule is C[C@@H]1CCCN(C(=O)c2cccc(Cl)c2-c2ncccn2)C1CNc1ccc(Cl)cn1. The zero-order chi connectivity index (χ0) is 21.8. The number of halogens is 2. The van der Waals surface area contributed by atoms with E-state index >= 15 is 0 Å². The van der Waals surface area contributed by atoms with Gasteiger partial charge in [-0.05, 0) is 49.1 Å². The first-order valence-corrected chi connectivity index (χ1v) is 11.0. The number of pyridine rings is 1. The predicted molar refractivity (Wildman–Crippen MR) is 123 cm³/mol. The zero-order valence-electron chi connectivity index (χ0n) is 17.1. The Balaban J connectivity index is 1.62. The number of hydrogen-bond donors (Lipinski definition) is 1. The fourth-order valence-electron chi connectivity index (χ4n) is 4.01. The third-order valence-electron chi connectivity index (χ3n) is 5.63. The maximum atomic E-state index is 13.7. The van der Waals surface area contributed by atoms with E-state index in [1.807, 2.05) is 11.0 Å². The maximum Gasteiger partial charge on any atom is 0.254 e. The molecule has 1 saturated heterocycles. The molecule has 3 aromatic rings. The number of hydrogen-bond acceptors (Lipinski definition) is 5. The molecule has 1 amide bonds. The molecule has 160 valence electrons. The van der Waals surface area contributed by atoms with Gasteiger partial charge in [0.2, 0.25) is 0 Å². The number of nitrogens with zero attached hydrogens (tertiary/aromatic N) is 4. The Labute approximate surface area is 191 Å². The molecule has 0 spiro atoms. The molecule has 31 heavy (non-hydrogen) atoms. The highest BCUT2D eigenvalue weighted by Crippen LogP contribution is 2.32. The van der Waals surface area contributed by atoms with Crippen LogP contribution < -0.4 is 5.32 Å². The average molecular weight is 456 g/mol. The number of benzene rings is 1. The highest BCUT2D eigenvalue weighted by Gasteiger charge is 2.33. The van der Waals surface area contributed by atoms with E-state index in [1.54, 1.807) is 48.9 Å². The van der Waals surface area contributed by atoms with Crippen molar-refractivity contribution in [3.8, 4) is 11.4 Å².